The van der Waals surface area contributed by atoms with E-state index in [9.17, 15) is 14.7 Å². The van der Waals surface area contributed by atoms with Crippen LogP contribution < -0.4 is 29.3 Å². The Labute approximate surface area is 216 Å². The molecule has 1 fully saturated rings. The maximum atomic E-state index is 12.7. The van der Waals surface area contributed by atoms with Gasteiger partial charge in [0.25, 0.3) is 5.91 Å². The summed E-state index contributed by atoms with van der Waals surface area (Å²) in [5, 5.41) is 12.6. The minimum absolute atomic E-state index is 0.0341. The average molecular weight is 506 g/mol. The number of aromatic carboxylic acids is 1. The van der Waals surface area contributed by atoms with Gasteiger partial charge in [0.15, 0.2) is 0 Å². The Kier molecular flexibility index (Phi) is 8.02. The number of anilines is 3. The predicted octanol–water partition coefficient (Wildman–Crippen LogP) is 4.38. The van der Waals surface area contributed by atoms with Crippen LogP contribution in [0.4, 0.5) is 17.1 Å². The molecule has 0 aliphatic carbocycles. The molecule has 1 aliphatic rings. The molecule has 3 aromatic rings. The third kappa shape index (κ3) is 5.72. The van der Waals surface area contributed by atoms with Gasteiger partial charge < -0.3 is 34.4 Å². The Morgan fingerprint density at radius 2 is 1.46 bits per heavy atom. The number of hydrogen-bond donors (Lipinski definition) is 2. The molecule has 0 radical (unpaired) electrons. The van der Waals surface area contributed by atoms with E-state index >= 15 is 0 Å². The van der Waals surface area contributed by atoms with E-state index < -0.39 is 11.9 Å². The molecule has 37 heavy (non-hydrogen) atoms. The molecule has 0 aromatic heterocycles. The van der Waals surface area contributed by atoms with Crippen LogP contribution in [0.1, 0.15) is 27.1 Å². The molecule has 3 aromatic carbocycles. The van der Waals surface area contributed by atoms with Crippen molar-refractivity contribution >= 4 is 28.9 Å². The normalized spacial score (nSPS) is 13.5. The molecule has 2 N–H and O–H groups in total. The van der Waals surface area contributed by atoms with E-state index in [4.69, 9.17) is 14.2 Å². The first-order chi connectivity index (χ1) is 17.9. The molecule has 4 rings (SSSR count). The SMILES string of the molecule is COc1ccc(C(=O)Nc2ccc(N3CCCN(c4c(OC)cccc4OC)CC3)cc2C(=O)O)cc1. The van der Waals surface area contributed by atoms with Crippen LogP contribution in [-0.2, 0) is 0 Å². The van der Waals surface area contributed by atoms with Crippen LogP contribution in [0, 0.1) is 0 Å². The molecule has 9 nitrogen and oxygen atoms in total. The van der Waals surface area contributed by atoms with E-state index in [0.717, 1.165) is 42.4 Å². The molecule has 0 atom stereocenters. The second kappa shape index (κ2) is 11.6. The topological polar surface area (TPSA) is 101 Å². The standard InChI is InChI=1S/C28H31N3O6/c1-35-21-11-8-19(9-12-21)27(32)29-23-13-10-20(18-22(23)28(33)34)30-14-5-15-31(17-16-30)26-24(36-2)6-4-7-25(26)37-3/h4,6-13,18H,5,14-17H2,1-3H3,(H,29,32)(H,33,34). The summed E-state index contributed by atoms with van der Waals surface area (Å²) in [5.41, 5.74) is 2.38. The molecule has 0 spiro atoms. The monoisotopic (exact) mass is 505 g/mol. The Hall–Kier alpha value is -4.40. The highest BCUT2D eigenvalue weighted by Crippen LogP contribution is 2.38. The van der Waals surface area contributed by atoms with Crippen LogP contribution >= 0.6 is 0 Å². The summed E-state index contributed by atoms with van der Waals surface area (Å²) in [5.74, 6) is 0.624. The Morgan fingerprint density at radius 3 is 2.08 bits per heavy atom. The number of benzene rings is 3. The number of rotatable bonds is 8. The van der Waals surface area contributed by atoms with E-state index in [0.29, 0.717) is 24.4 Å². The highest BCUT2D eigenvalue weighted by Gasteiger charge is 2.23. The maximum Gasteiger partial charge on any atom is 0.337 e. The van der Waals surface area contributed by atoms with Gasteiger partial charge in [-0.3, -0.25) is 4.79 Å². The number of para-hydroxylation sites is 1. The molecule has 9 heteroatoms. The first-order valence-electron chi connectivity index (χ1n) is 12.0. The van der Waals surface area contributed by atoms with Crippen LogP contribution in [0.3, 0.4) is 0 Å². The first kappa shape index (κ1) is 25.7. The van der Waals surface area contributed by atoms with Crippen molar-refractivity contribution in [2.75, 3.05) is 62.6 Å². The minimum atomic E-state index is -1.11. The summed E-state index contributed by atoms with van der Waals surface area (Å²) < 4.78 is 16.3. The van der Waals surface area contributed by atoms with Gasteiger partial charge in [-0.15, -0.1) is 0 Å². The Morgan fingerprint density at radius 1 is 0.811 bits per heavy atom. The van der Waals surface area contributed by atoms with Gasteiger partial charge in [-0.1, -0.05) is 6.07 Å². The molecule has 0 saturated carbocycles. The third-order valence-electron chi connectivity index (χ3n) is 6.41. The molecular weight excluding hydrogens is 474 g/mol. The van der Waals surface area contributed by atoms with E-state index in [1.807, 2.05) is 24.3 Å². The fourth-order valence-corrected chi connectivity index (χ4v) is 4.49. The zero-order chi connectivity index (χ0) is 26.4. The second-order valence-electron chi connectivity index (χ2n) is 8.56. The van der Waals surface area contributed by atoms with Gasteiger partial charge in [-0.05, 0) is 61.0 Å². The van der Waals surface area contributed by atoms with Crippen molar-refractivity contribution in [3.63, 3.8) is 0 Å². The van der Waals surface area contributed by atoms with E-state index in [1.54, 1.807) is 57.7 Å². The van der Waals surface area contributed by atoms with Crippen molar-refractivity contribution in [1.29, 1.82) is 0 Å². The minimum Gasteiger partial charge on any atom is -0.497 e. The highest BCUT2D eigenvalue weighted by atomic mass is 16.5. The molecule has 1 heterocycles. The number of carbonyl (C=O) groups excluding carboxylic acids is 1. The maximum absolute atomic E-state index is 12.7. The van der Waals surface area contributed by atoms with Gasteiger partial charge >= 0.3 is 5.97 Å². The molecule has 1 amide bonds. The smallest absolute Gasteiger partial charge is 0.337 e. The fraction of sp³-hybridized carbons (Fsp3) is 0.286. The number of nitrogens with one attached hydrogen (secondary N) is 1. The third-order valence-corrected chi connectivity index (χ3v) is 6.41. The molecule has 0 bridgehead atoms. The number of carbonyl (C=O) groups is 2. The van der Waals surface area contributed by atoms with E-state index in [2.05, 4.69) is 15.1 Å². The van der Waals surface area contributed by atoms with Gasteiger partial charge in [0.2, 0.25) is 0 Å². The van der Waals surface area contributed by atoms with E-state index in [1.165, 1.54) is 0 Å². The lowest BCUT2D eigenvalue weighted by Gasteiger charge is -2.27. The second-order valence-corrected chi connectivity index (χ2v) is 8.56. The lowest BCUT2D eigenvalue weighted by atomic mass is 10.1. The molecule has 1 saturated heterocycles. The van der Waals surface area contributed by atoms with Gasteiger partial charge in [0.1, 0.15) is 22.9 Å². The molecule has 1 aliphatic heterocycles. The van der Waals surface area contributed by atoms with Gasteiger partial charge in [0.05, 0.1) is 32.6 Å². The zero-order valence-corrected chi connectivity index (χ0v) is 21.2. The van der Waals surface area contributed by atoms with Crippen molar-refractivity contribution in [3.05, 3.63) is 71.8 Å². The first-order valence-corrected chi connectivity index (χ1v) is 12.0. The number of ether oxygens (including phenoxy) is 3. The molecule has 194 valence electrons. The number of amides is 1. The van der Waals surface area contributed by atoms with Crippen molar-refractivity contribution < 1.29 is 28.9 Å². The van der Waals surface area contributed by atoms with E-state index in [-0.39, 0.29) is 11.3 Å². The summed E-state index contributed by atoms with van der Waals surface area (Å²) in [7, 11) is 4.84. The van der Waals surface area contributed by atoms with Gasteiger partial charge in [-0.2, -0.15) is 0 Å². The summed E-state index contributed by atoms with van der Waals surface area (Å²) in [6, 6.07) is 17.4. The van der Waals surface area contributed by atoms with Crippen molar-refractivity contribution in [2.24, 2.45) is 0 Å². The number of nitrogens with zero attached hydrogens (tertiary/aromatic N) is 2. The number of carboxylic acids is 1. The quantitative estimate of drug-likeness (QED) is 0.465. The van der Waals surface area contributed by atoms with Crippen LogP contribution in [0.5, 0.6) is 17.2 Å². The number of carboxylic acid groups (broad SMARTS) is 1. The van der Waals surface area contributed by atoms with Gasteiger partial charge in [-0.25, -0.2) is 4.79 Å². The lowest BCUT2D eigenvalue weighted by molar-refractivity contribution is 0.0698. The summed E-state index contributed by atoms with van der Waals surface area (Å²) in [4.78, 5) is 29.2. The van der Waals surface area contributed by atoms with Crippen LogP contribution in [0.25, 0.3) is 0 Å². The van der Waals surface area contributed by atoms with Crippen molar-refractivity contribution in [3.8, 4) is 17.2 Å². The van der Waals surface area contributed by atoms with Crippen molar-refractivity contribution in [2.45, 2.75) is 6.42 Å². The number of methoxy groups -OCH3 is 3. The zero-order valence-electron chi connectivity index (χ0n) is 21.2. The Balaban J connectivity index is 1.52. The summed E-state index contributed by atoms with van der Waals surface area (Å²) in [6.07, 6.45) is 0.861. The largest absolute Gasteiger partial charge is 0.497 e. The average Bonchev–Trinajstić information content (AvgIpc) is 3.18. The molecule has 0 unspecified atom stereocenters. The van der Waals surface area contributed by atoms with Crippen molar-refractivity contribution in [1.82, 2.24) is 0 Å². The Bertz CT molecular complexity index is 1240. The van der Waals surface area contributed by atoms with Gasteiger partial charge in [0, 0.05) is 37.4 Å². The van der Waals surface area contributed by atoms with Crippen LogP contribution in [0.2, 0.25) is 0 Å². The lowest BCUT2D eigenvalue weighted by Crippen LogP contribution is -2.31. The summed E-state index contributed by atoms with van der Waals surface area (Å²) in [6.45, 7) is 2.94. The highest BCUT2D eigenvalue weighted by molar-refractivity contribution is 6.08. The molecular formula is C28H31N3O6. The van der Waals surface area contributed by atoms with Crippen LogP contribution in [0.15, 0.2) is 60.7 Å². The number of hydrogen-bond acceptors (Lipinski definition) is 7. The fourth-order valence-electron chi connectivity index (χ4n) is 4.49. The van der Waals surface area contributed by atoms with Crippen LogP contribution in [-0.4, -0.2) is 64.5 Å². The summed E-state index contributed by atoms with van der Waals surface area (Å²) >= 11 is 0. The predicted molar refractivity (Wildman–Crippen MR) is 143 cm³/mol.